The van der Waals surface area contributed by atoms with Gasteiger partial charge in [0.15, 0.2) is 0 Å². The Morgan fingerprint density at radius 2 is 2.27 bits per heavy atom. The van der Waals surface area contributed by atoms with Crippen LogP contribution in [0.4, 0.5) is 4.79 Å². The third-order valence-corrected chi connectivity index (χ3v) is 2.97. The third kappa shape index (κ3) is 4.05. The molecule has 88 valence electrons. The van der Waals surface area contributed by atoms with E-state index in [2.05, 4.69) is 4.18 Å². The van der Waals surface area contributed by atoms with E-state index in [4.69, 9.17) is 5.11 Å². The van der Waals surface area contributed by atoms with E-state index < -0.39 is 16.2 Å². The number of hydrogen-bond donors (Lipinski definition) is 1. The molecule has 1 fully saturated rings. The van der Waals surface area contributed by atoms with Crippen LogP contribution in [-0.4, -0.2) is 50.0 Å². The Hall–Kier alpha value is -0.820. The van der Waals surface area contributed by atoms with Crippen molar-refractivity contribution in [3.05, 3.63) is 0 Å². The summed E-state index contributed by atoms with van der Waals surface area (Å²) < 4.78 is 25.9. The number of rotatable bonds is 4. The van der Waals surface area contributed by atoms with Crippen LogP contribution >= 0.6 is 0 Å². The van der Waals surface area contributed by atoms with E-state index in [0.29, 0.717) is 13.0 Å². The fourth-order valence-corrected chi connectivity index (χ4v) is 2.12. The van der Waals surface area contributed by atoms with Gasteiger partial charge in [0, 0.05) is 12.6 Å². The standard InChI is InChI=1S/C8H15NO5S/c1-15(12,13)14-6-4-7-3-2-5-9(7)8(10)11/h7H,2-6H2,1H3,(H,10,11). The van der Waals surface area contributed by atoms with E-state index in [1.807, 2.05) is 0 Å². The summed E-state index contributed by atoms with van der Waals surface area (Å²) in [6.45, 7) is 0.576. The molecule has 1 aliphatic heterocycles. The highest BCUT2D eigenvalue weighted by molar-refractivity contribution is 7.85. The molecule has 0 radical (unpaired) electrons. The van der Waals surface area contributed by atoms with Crippen LogP contribution in [0.3, 0.4) is 0 Å². The van der Waals surface area contributed by atoms with Crippen molar-refractivity contribution in [1.29, 1.82) is 0 Å². The van der Waals surface area contributed by atoms with Crippen molar-refractivity contribution in [2.75, 3.05) is 19.4 Å². The Bertz CT molecular complexity index is 326. The summed E-state index contributed by atoms with van der Waals surface area (Å²) in [7, 11) is -3.42. The average Bonchev–Trinajstić information content (AvgIpc) is 2.49. The lowest BCUT2D eigenvalue weighted by Gasteiger charge is -2.20. The van der Waals surface area contributed by atoms with Crippen LogP contribution in [0.25, 0.3) is 0 Å². The van der Waals surface area contributed by atoms with Gasteiger partial charge < -0.3 is 10.0 Å². The molecule has 15 heavy (non-hydrogen) atoms. The van der Waals surface area contributed by atoms with Gasteiger partial charge in [-0.05, 0) is 19.3 Å². The van der Waals surface area contributed by atoms with Gasteiger partial charge in [-0.1, -0.05) is 0 Å². The summed E-state index contributed by atoms with van der Waals surface area (Å²) in [6, 6.07) is -0.107. The minimum absolute atomic E-state index is 0.0489. The fraction of sp³-hybridized carbons (Fsp3) is 0.875. The molecule has 1 saturated heterocycles. The predicted octanol–water partition coefficient (Wildman–Crippen LogP) is 0.495. The molecule has 0 aromatic rings. The minimum Gasteiger partial charge on any atom is -0.465 e. The van der Waals surface area contributed by atoms with Gasteiger partial charge in [-0.2, -0.15) is 8.42 Å². The van der Waals surface area contributed by atoms with E-state index in [0.717, 1.165) is 19.1 Å². The van der Waals surface area contributed by atoms with E-state index >= 15 is 0 Å². The summed E-state index contributed by atoms with van der Waals surface area (Å²) in [4.78, 5) is 12.1. The first kappa shape index (κ1) is 12.3. The van der Waals surface area contributed by atoms with Crippen molar-refractivity contribution < 1.29 is 22.5 Å². The maximum atomic E-state index is 10.7. The van der Waals surface area contributed by atoms with Gasteiger partial charge in [-0.3, -0.25) is 4.18 Å². The molecule has 1 amide bonds. The SMILES string of the molecule is CS(=O)(=O)OCCC1CCCN1C(=O)O. The van der Waals surface area contributed by atoms with Crippen LogP contribution in [-0.2, 0) is 14.3 Å². The lowest BCUT2D eigenvalue weighted by atomic mass is 10.1. The minimum atomic E-state index is -3.42. The van der Waals surface area contributed by atoms with Crippen LogP contribution in [0.15, 0.2) is 0 Å². The van der Waals surface area contributed by atoms with Gasteiger partial charge in [-0.25, -0.2) is 4.79 Å². The van der Waals surface area contributed by atoms with Crippen molar-refractivity contribution in [2.24, 2.45) is 0 Å². The Balaban J connectivity index is 2.35. The van der Waals surface area contributed by atoms with Crippen molar-refractivity contribution >= 4 is 16.2 Å². The topological polar surface area (TPSA) is 83.9 Å². The van der Waals surface area contributed by atoms with Crippen LogP contribution in [0.2, 0.25) is 0 Å². The highest BCUT2D eigenvalue weighted by atomic mass is 32.2. The predicted molar refractivity (Wildman–Crippen MR) is 53.2 cm³/mol. The highest BCUT2D eigenvalue weighted by Gasteiger charge is 2.28. The molecule has 7 heteroatoms. The van der Waals surface area contributed by atoms with Gasteiger partial charge in [0.1, 0.15) is 0 Å². The molecule has 0 saturated carbocycles. The molecule has 0 spiro atoms. The smallest absolute Gasteiger partial charge is 0.407 e. The van der Waals surface area contributed by atoms with Crippen molar-refractivity contribution in [3.8, 4) is 0 Å². The normalized spacial score (nSPS) is 21.9. The van der Waals surface area contributed by atoms with Gasteiger partial charge in [0.05, 0.1) is 12.9 Å². The quantitative estimate of drug-likeness (QED) is 0.719. The lowest BCUT2D eigenvalue weighted by Crippen LogP contribution is -2.35. The van der Waals surface area contributed by atoms with Crippen LogP contribution < -0.4 is 0 Å². The number of carbonyl (C=O) groups is 1. The molecule has 0 aliphatic carbocycles. The lowest BCUT2D eigenvalue weighted by molar-refractivity contribution is 0.134. The number of hydrogen-bond acceptors (Lipinski definition) is 4. The molecule has 0 aromatic carbocycles. The van der Waals surface area contributed by atoms with Gasteiger partial charge in [-0.15, -0.1) is 0 Å². The molecule has 1 atom stereocenters. The van der Waals surface area contributed by atoms with Gasteiger partial charge in [0.2, 0.25) is 0 Å². The first-order valence-electron chi connectivity index (χ1n) is 4.74. The second-order valence-corrected chi connectivity index (χ2v) is 5.23. The number of amides is 1. The highest BCUT2D eigenvalue weighted by Crippen LogP contribution is 2.20. The Morgan fingerprint density at radius 3 is 2.80 bits per heavy atom. The number of carboxylic acid groups (broad SMARTS) is 1. The number of nitrogens with zero attached hydrogens (tertiary/aromatic N) is 1. The van der Waals surface area contributed by atoms with Gasteiger partial charge >= 0.3 is 6.09 Å². The fourth-order valence-electron chi connectivity index (χ4n) is 1.72. The second-order valence-electron chi connectivity index (χ2n) is 3.59. The van der Waals surface area contributed by atoms with E-state index in [9.17, 15) is 13.2 Å². The van der Waals surface area contributed by atoms with E-state index in [-0.39, 0.29) is 12.6 Å². The average molecular weight is 237 g/mol. The molecule has 1 rings (SSSR count). The molecule has 1 unspecified atom stereocenters. The zero-order chi connectivity index (χ0) is 11.5. The zero-order valence-corrected chi connectivity index (χ0v) is 9.37. The van der Waals surface area contributed by atoms with Gasteiger partial charge in [0.25, 0.3) is 10.1 Å². The molecule has 0 aromatic heterocycles. The van der Waals surface area contributed by atoms with Crippen molar-refractivity contribution in [2.45, 2.75) is 25.3 Å². The maximum absolute atomic E-state index is 10.7. The largest absolute Gasteiger partial charge is 0.465 e. The summed E-state index contributed by atoms with van der Waals surface area (Å²) in [5, 5.41) is 8.81. The summed E-state index contributed by atoms with van der Waals surface area (Å²) >= 11 is 0. The van der Waals surface area contributed by atoms with E-state index in [1.165, 1.54) is 4.90 Å². The second kappa shape index (κ2) is 4.80. The third-order valence-electron chi connectivity index (χ3n) is 2.37. The van der Waals surface area contributed by atoms with Crippen molar-refractivity contribution in [3.63, 3.8) is 0 Å². The summed E-state index contributed by atoms with van der Waals surface area (Å²) in [6.07, 6.45) is 2.07. The molecule has 1 heterocycles. The molecular weight excluding hydrogens is 222 g/mol. The summed E-state index contributed by atoms with van der Waals surface area (Å²) in [5.41, 5.74) is 0. The van der Waals surface area contributed by atoms with Crippen LogP contribution in [0, 0.1) is 0 Å². The number of likely N-dealkylation sites (tertiary alicyclic amines) is 1. The zero-order valence-electron chi connectivity index (χ0n) is 8.55. The monoisotopic (exact) mass is 237 g/mol. The molecule has 6 nitrogen and oxygen atoms in total. The van der Waals surface area contributed by atoms with E-state index in [1.54, 1.807) is 0 Å². The van der Waals surface area contributed by atoms with Crippen LogP contribution in [0.5, 0.6) is 0 Å². The van der Waals surface area contributed by atoms with Crippen LogP contribution in [0.1, 0.15) is 19.3 Å². The molecule has 1 N–H and O–H groups in total. The molecule has 0 bridgehead atoms. The molecule has 1 aliphatic rings. The summed E-state index contributed by atoms with van der Waals surface area (Å²) in [5.74, 6) is 0. The Kier molecular flexibility index (Phi) is 3.92. The van der Waals surface area contributed by atoms with Crippen molar-refractivity contribution in [1.82, 2.24) is 4.90 Å². The Morgan fingerprint density at radius 1 is 1.60 bits per heavy atom. The Labute approximate surface area is 89.0 Å². The maximum Gasteiger partial charge on any atom is 0.407 e. The first-order valence-corrected chi connectivity index (χ1v) is 6.56. The molecular formula is C8H15NO5S. The first-order chi connectivity index (χ1) is 6.90.